The quantitative estimate of drug-likeness (QED) is 0.312. The maximum Gasteiger partial charge on any atom is 0.309 e. The van der Waals surface area contributed by atoms with E-state index in [4.69, 9.17) is 24.8 Å². The molecule has 0 spiro atoms. The maximum atomic E-state index is 11.7. The van der Waals surface area contributed by atoms with Crippen molar-refractivity contribution in [1.29, 1.82) is 0 Å². The first-order valence-corrected chi connectivity index (χ1v) is 7.31. The summed E-state index contributed by atoms with van der Waals surface area (Å²) in [6, 6.07) is 0. The minimum Gasteiger partial charge on any atom is -0.481 e. The van der Waals surface area contributed by atoms with E-state index in [-0.39, 0.29) is 71.7 Å². The summed E-state index contributed by atoms with van der Waals surface area (Å²) in [6.07, 6.45) is 0.792. The van der Waals surface area contributed by atoms with Crippen LogP contribution in [-0.4, -0.2) is 72.0 Å². The molecule has 8 nitrogen and oxygen atoms in total. The Morgan fingerprint density at radius 2 is 1.32 bits per heavy atom. The lowest BCUT2D eigenvalue weighted by molar-refractivity contribution is -0.153. The van der Waals surface area contributed by atoms with Gasteiger partial charge in [-0.15, -0.1) is 0 Å². The van der Waals surface area contributed by atoms with Gasteiger partial charge in [0.25, 0.3) is 0 Å². The van der Waals surface area contributed by atoms with Gasteiger partial charge >= 0.3 is 11.9 Å². The Balaban J connectivity index is 4.61. The molecule has 0 bridgehead atoms. The third-order valence-electron chi connectivity index (χ3n) is 3.42. The van der Waals surface area contributed by atoms with Crippen molar-refractivity contribution in [2.75, 3.05) is 39.6 Å². The van der Waals surface area contributed by atoms with Crippen LogP contribution in [0.1, 0.15) is 32.1 Å². The van der Waals surface area contributed by atoms with Gasteiger partial charge in [-0.1, -0.05) is 0 Å². The Kier molecular flexibility index (Phi) is 11.7. The van der Waals surface area contributed by atoms with E-state index in [9.17, 15) is 14.7 Å². The van der Waals surface area contributed by atoms with Crippen LogP contribution < -0.4 is 0 Å². The SMILES string of the molecule is O=C(O)CCCC(CCOCCO)(CCOCCO)C(=O)O. The summed E-state index contributed by atoms with van der Waals surface area (Å²) in [5.41, 5.74) is -1.12. The van der Waals surface area contributed by atoms with Crippen molar-refractivity contribution in [1.82, 2.24) is 0 Å². The normalized spacial score (nSPS) is 11.5. The molecule has 0 aromatic rings. The van der Waals surface area contributed by atoms with E-state index in [0.717, 1.165) is 0 Å². The van der Waals surface area contributed by atoms with Crippen LogP contribution in [0.25, 0.3) is 0 Å². The first-order chi connectivity index (χ1) is 10.5. The second-order valence-electron chi connectivity index (χ2n) is 5.00. The minimum absolute atomic E-state index is 0.0932. The predicted molar refractivity (Wildman–Crippen MR) is 76.6 cm³/mol. The van der Waals surface area contributed by atoms with Crippen molar-refractivity contribution in [3.8, 4) is 0 Å². The summed E-state index contributed by atoms with van der Waals surface area (Å²) in [7, 11) is 0. The van der Waals surface area contributed by atoms with Crippen LogP contribution >= 0.6 is 0 Å². The highest BCUT2D eigenvalue weighted by molar-refractivity contribution is 5.74. The Labute approximate surface area is 129 Å². The highest BCUT2D eigenvalue weighted by Crippen LogP contribution is 2.33. The number of aliphatic hydroxyl groups excluding tert-OH is 2. The lowest BCUT2D eigenvalue weighted by Crippen LogP contribution is -2.34. The van der Waals surface area contributed by atoms with Crippen LogP contribution in [-0.2, 0) is 19.1 Å². The van der Waals surface area contributed by atoms with E-state index in [1.807, 2.05) is 0 Å². The monoisotopic (exact) mass is 322 g/mol. The van der Waals surface area contributed by atoms with E-state index in [0.29, 0.717) is 0 Å². The molecule has 0 aliphatic heterocycles. The third-order valence-corrected chi connectivity index (χ3v) is 3.42. The Bertz CT molecular complexity index is 306. The smallest absolute Gasteiger partial charge is 0.309 e. The van der Waals surface area contributed by atoms with Crippen LogP contribution in [0.4, 0.5) is 0 Å². The van der Waals surface area contributed by atoms with Crippen molar-refractivity contribution in [3.05, 3.63) is 0 Å². The number of ether oxygens (including phenoxy) is 2. The molecule has 8 heteroatoms. The zero-order chi connectivity index (χ0) is 16.8. The summed E-state index contributed by atoms with van der Waals surface area (Å²) in [5, 5.41) is 35.5. The molecule has 0 radical (unpaired) electrons. The lowest BCUT2D eigenvalue weighted by Gasteiger charge is -2.29. The second-order valence-corrected chi connectivity index (χ2v) is 5.00. The van der Waals surface area contributed by atoms with Gasteiger partial charge in [-0.05, 0) is 25.7 Å². The number of carboxylic acids is 2. The van der Waals surface area contributed by atoms with E-state index in [1.54, 1.807) is 0 Å². The molecule has 0 fully saturated rings. The van der Waals surface area contributed by atoms with E-state index in [1.165, 1.54) is 0 Å². The van der Waals surface area contributed by atoms with Gasteiger partial charge in [0.2, 0.25) is 0 Å². The van der Waals surface area contributed by atoms with Crippen LogP contribution in [0.2, 0.25) is 0 Å². The number of carboxylic acid groups (broad SMARTS) is 2. The van der Waals surface area contributed by atoms with Crippen molar-refractivity contribution >= 4 is 11.9 Å². The van der Waals surface area contributed by atoms with Gasteiger partial charge in [-0.25, -0.2) is 0 Å². The average Bonchev–Trinajstić information content (AvgIpc) is 2.46. The zero-order valence-electron chi connectivity index (χ0n) is 12.7. The molecule has 130 valence electrons. The first kappa shape index (κ1) is 20.8. The third kappa shape index (κ3) is 8.93. The standard InChI is InChI=1S/C14H26O8/c15-6-10-21-8-4-14(13(19)20,3-1-2-12(17)18)5-9-22-11-7-16/h15-16H,1-11H2,(H,17,18)(H,19,20). The number of carbonyl (C=O) groups is 2. The molecule has 0 atom stereocenters. The van der Waals surface area contributed by atoms with Crippen LogP contribution in [0, 0.1) is 5.41 Å². The van der Waals surface area contributed by atoms with Crippen LogP contribution in [0.3, 0.4) is 0 Å². The summed E-state index contributed by atoms with van der Waals surface area (Å²) in [6.45, 7) is 0.314. The van der Waals surface area contributed by atoms with Gasteiger partial charge in [-0.2, -0.15) is 0 Å². The number of rotatable bonds is 15. The summed E-state index contributed by atoms with van der Waals surface area (Å²) in [4.78, 5) is 22.3. The topological polar surface area (TPSA) is 134 Å². The molecular formula is C14H26O8. The summed E-state index contributed by atoms with van der Waals surface area (Å²) < 4.78 is 10.3. The fourth-order valence-electron chi connectivity index (χ4n) is 2.14. The number of aliphatic carboxylic acids is 2. The van der Waals surface area contributed by atoms with Gasteiger partial charge in [0.05, 0.1) is 31.8 Å². The predicted octanol–water partition coefficient (Wildman–Crippen LogP) is 0.110. The van der Waals surface area contributed by atoms with Gasteiger partial charge in [-0.3, -0.25) is 9.59 Å². The second kappa shape index (κ2) is 12.3. The molecule has 0 aromatic carbocycles. The molecule has 0 rings (SSSR count). The lowest BCUT2D eigenvalue weighted by atomic mass is 9.77. The van der Waals surface area contributed by atoms with Crippen molar-refractivity contribution in [2.24, 2.45) is 5.41 Å². The Hall–Kier alpha value is -1.22. The highest BCUT2D eigenvalue weighted by Gasteiger charge is 2.37. The van der Waals surface area contributed by atoms with E-state index in [2.05, 4.69) is 0 Å². The van der Waals surface area contributed by atoms with Gasteiger partial charge in [0, 0.05) is 19.6 Å². The summed E-state index contributed by atoms with van der Waals surface area (Å²) >= 11 is 0. The van der Waals surface area contributed by atoms with Crippen molar-refractivity contribution < 1.29 is 39.5 Å². The fraction of sp³-hybridized carbons (Fsp3) is 0.857. The Morgan fingerprint density at radius 1 is 0.818 bits per heavy atom. The van der Waals surface area contributed by atoms with Crippen LogP contribution in [0.5, 0.6) is 0 Å². The zero-order valence-corrected chi connectivity index (χ0v) is 12.7. The molecule has 0 heterocycles. The molecule has 0 amide bonds. The van der Waals surface area contributed by atoms with E-state index >= 15 is 0 Å². The first-order valence-electron chi connectivity index (χ1n) is 7.31. The fourth-order valence-corrected chi connectivity index (χ4v) is 2.14. The van der Waals surface area contributed by atoms with Crippen molar-refractivity contribution in [3.63, 3.8) is 0 Å². The van der Waals surface area contributed by atoms with E-state index < -0.39 is 17.4 Å². The van der Waals surface area contributed by atoms with Gasteiger partial charge in [0.1, 0.15) is 0 Å². The summed E-state index contributed by atoms with van der Waals surface area (Å²) in [5.74, 6) is -1.98. The molecule has 0 saturated carbocycles. The number of hydrogen-bond donors (Lipinski definition) is 4. The molecule has 4 N–H and O–H groups in total. The average molecular weight is 322 g/mol. The van der Waals surface area contributed by atoms with Gasteiger partial charge < -0.3 is 29.9 Å². The molecule has 22 heavy (non-hydrogen) atoms. The van der Waals surface area contributed by atoms with Crippen LogP contribution in [0.15, 0.2) is 0 Å². The molecule has 0 aromatic heterocycles. The molecule has 0 unspecified atom stereocenters. The molecule has 0 saturated heterocycles. The van der Waals surface area contributed by atoms with Gasteiger partial charge in [0.15, 0.2) is 0 Å². The molecular weight excluding hydrogens is 296 g/mol. The minimum atomic E-state index is -1.12. The highest BCUT2D eigenvalue weighted by atomic mass is 16.5. The molecule has 0 aliphatic carbocycles. The van der Waals surface area contributed by atoms with Crippen molar-refractivity contribution in [2.45, 2.75) is 32.1 Å². The molecule has 0 aliphatic rings. The Morgan fingerprint density at radius 3 is 1.68 bits per heavy atom. The largest absolute Gasteiger partial charge is 0.481 e. The maximum absolute atomic E-state index is 11.7. The number of aliphatic hydroxyl groups is 2. The number of hydrogen-bond acceptors (Lipinski definition) is 6.